The molecule has 28 heavy (non-hydrogen) atoms. The molecular formula is C20H26FN3O3S. The molecule has 152 valence electrons. The maximum absolute atomic E-state index is 13.4. The Balaban J connectivity index is 1.99. The summed E-state index contributed by atoms with van der Waals surface area (Å²) in [6.45, 7) is 3.93. The molecule has 1 saturated carbocycles. The molecular weight excluding hydrogens is 381 g/mol. The molecule has 1 saturated heterocycles. The molecule has 1 aliphatic heterocycles. The molecule has 2 aliphatic rings. The average molecular weight is 408 g/mol. The second kappa shape index (κ2) is 7.12. The summed E-state index contributed by atoms with van der Waals surface area (Å²) in [5, 5.41) is 14.6. The molecule has 0 radical (unpaired) electrons. The van der Waals surface area contributed by atoms with Crippen LogP contribution in [0.5, 0.6) is 0 Å². The number of nitriles is 1. The van der Waals surface area contributed by atoms with Crippen molar-refractivity contribution in [3.63, 3.8) is 0 Å². The van der Waals surface area contributed by atoms with Gasteiger partial charge in [0.15, 0.2) is 9.84 Å². The second-order valence-electron chi connectivity index (χ2n) is 8.57. The molecule has 1 aliphatic carbocycles. The van der Waals surface area contributed by atoms with Crippen molar-refractivity contribution in [1.82, 2.24) is 10.6 Å². The molecule has 2 N–H and O–H groups in total. The van der Waals surface area contributed by atoms with E-state index in [4.69, 9.17) is 0 Å². The minimum Gasteiger partial charge on any atom is -0.336 e. The summed E-state index contributed by atoms with van der Waals surface area (Å²) in [6, 6.07) is 7.19. The Morgan fingerprint density at radius 1 is 1.36 bits per heavy atom. The maximum Gasteiger partial charge on any atom is 0.241 e. The van der Waals surface area contributed by atoms with Gasteiger partial charge in [-0.3, -0.25) is 10.1 Å². The number of amides is 1. The Morgan fingerprint density at radius 2 is 1.96 bits per heavy atom. The number of hydrogen-bond acceptors (Lipinski definition) is 5. The summed E-state index contributed by atoms with van der Waals surface area (Å²) in [7, 11) is -3.49. The molecule has 1 unspecified atom stereocenters. The van der Waals surface area contributed by atoms with Gasteiger partial charge in [0, 0.05) is 12.3 Å². The van der Waals surface area contributed by atoms with Gasteiger partial charge in [-0.15, -0.1) is 0 Å². The van der Waals surface area contributed by atoms with Crippen molar-refractivity contribution in [3.05, 3.63) is 35.6 Å². The summed E-state index contributed by atoms with van der Waals surface area (Å²) in [6.07, 6.45) is 2.91. The minimum atomic E-state index is -3.49. The molecule has 0 spiro atoms. The largest absolute Gasteiger partial charge is 0.336 e. The third-order valence-corrected chi connectivity index (χ3v) is 7.18. The minimum absolute atomic E-state index is 0.111. The molecule has 3 atom stereocenters. The highest BCUT2D eigenvalue weighted by molar-refractivity contribution is 7.91. The highest BCUT2D eigenvalue weighted by Gasteiger charge is 2.56. The summed E-state index contributed by atoms with van der Waals surface area (Å²) in [5.41, 5.74) is -1.32. The van der Waals surface area contributed by atoms with Crippen LogP contribution in [0.2, 0.25) is 0 Å². The van der Waals surface area contributed by atoms with Gasteiger partial charge in [-0.25, -0.2) is 12.8 Å². The van der Waals surface area contributed by atoms with Gasteiger partial charge in [-0.05, 0) is 49.3 Å². The SMILES string of the molecule is CC(C)C[C@]1(C(=O)NC2(C#N)CC2)C[C@H](S(C)(=O)=O)C(c2ccc(F)cc2)N1. The normalized spacial score (nSPS) is 28.7. The van der Waals surface area contributed by atoms with Crippen LogP contribution >= 0.6 is 0 Å². The molecule has 2 fully saturated rings. The van der Waals surface area contributed by atoms with Crippen LogP contribution in [0.3, 0.4) is 0 Å². The first-order valence-corrected chi connectivity index (χ1v) is 11.4. The molecule has 1 aromatic rings. The summed E-state index contributed by atoms with van der Waals surface area (Å²) in [4.78, 5) is 13.2. The van der Waals surface area contributed by atoms with Crippen molar-refractivity contribution in [1.29, 1.82) is 5.26 Å². The van der Waals surface area contributed by atoms with Gasteiger partial charge in [-0.2, -0.15) is 5.26 Å². The number of sulfone groups is 1. The zero-order valence-corrected chi connectivity index (χ0v) is 17.1. The molecule has 8 heteroatoms. The van der Waals surface area contributed by atoms with E-state index in [2.05, 4.69) is 16.7 Å². The number of nitrogens with zero attached hydrogens (tertiary/aromatic N) is 1. The number of rotatable bonds is 6. The standard InChI is InChI=1S/C20H26FN3O3S/c1-13(2)10-20(18(25)24-19(12-22)8-9-19)11-16(28(3,26)27)17(23-20)14-4-6-15(21)7-5-14/h4-7,13,16-17,23H,8-11H2,1-3H3,(H,24,25)/t16-,17?,20+/m0/s1. The smallest absolute Gasteiger partial charge is 0.241 e. The van der Waals surface area contributed by atoms with Crippen LogP contribution in [0, 0.1) is 23.1 Å². The fourth-order valence-electron chi connectivity index (χ4n) is 4.09. The van der Waals surface area contributed by atoms with Crippen molar-refractivity contribution in [2.24, 2.45) is 5.92 Å². The zero-order valence-electron chi connectivity index (χ0n) is 16.3. The lowest BCUT2D eigenvalue weighted by atomic mass is 9.86. The first-order chi connectivity index (χ1) is 13.0. The van der Waals surface area contributed by atoms with Gasteiger partial charge in [-0.1, -0.05) is 26.0 Å². The van der Waals surface area contributed by atoms with Gasteiger partial charge in [0.2, 0.25) is 5.91 Å². The van der Waals surface area contributed by atoms with E-state index < -0.39 is 38.0 Å². The van der Waals surface area contributed by atoms with Gasteiger partial charge in [0.25, 0.3) is 0 Å². The molecule has 1 aromatic carbocycles. The number of halogens is 1. The number of carbonyl (C=O) groups excluding carboxylic acids is 1. The van der Waals surface area contributed by atoms with E-state index in [-0.39, 0.29) is 18.2 Å². The number of benzene rings is 1. The number of carbonyl (C=O) groups is 1. The molecule has 1 heterocycles. The highest BCUT2D eigenvalue weighted by atomic mass is 32.2. The average Bonchev–Trinajstić information content (AvgIpc) is 3.26. The van der Waals surface area contributed by atoms with Gasteiger partial charge in [0.05, 0.1) is 16.9 Å². The number of hydrogen-bond donors (Lipinski definition) is 2. The Bertz CT molecular complexity index is 904. The predicted molar refractivity (Wildman–Crippen MR) is 103 cm³/mol. The van der Waals surface area contributed by atoms with Crippen molar-refractivity contribution in [3.8, 4) is 6.07 Å². The van der Waals surface area contributed by atoms with Gasteiger partial charge >= 0.3 is 0 Å². The lowest BCUT2D eigenvalue weighted by molar-refractivity contribution is -0.128. The predicted octanol–water partition coefficient (Wildman–Crippen LogP) is 2.23. The first-order valence-electron chi connectivity index (χ1n) is 9.46. The second-order valence-corrected chi connectivity index (χ2v) is 10.8. The van der Waals surface area contributed by atoms with Crippen LogP contribution in [-0.4, -0.2) is 36.9 Å². The molecule has 3 rings (SSSR count). The van der Waals surface area contributed by atoms with Crippen molar-refractivity contribution in [2.45, 2.75) is 61.9 Å². The van der Waals surface area contributed by atoms with Crippen LogP contribution in [0.25, 0.3) is 0 Å². The van der Waals surface area contributed by atoms with E-state index in [0.717, 1.165) is 6.26 Å². The summed E-state index contributed by atoms with van der Waals surface area (Å²) in [5.74, 6) is -0.616. The number of nitrogens with one attached hydrogen (secondary N) is 2. The van der Waals surface area contributed by atoms with Gasteiger partial charge < -0.3 is 5.32 Å². The van der Waals surface area contributed by atoms with Crippen LogP contribution in [0.1, 0.15) is 51.1 Å². The summed E-state index contributed by atoms with van der Waals surface area (Å²) >= 11 is 0. The molecule has 0 aromatic heterocycles. The topological polar surface area (TPSA) is 99.1 Å². The van der Waals surface area contributed by atoms with Crippen LogP contribution in [0.4, 0.5) is 4.39 Å². The fraction of sp³-hybridized carbons (Fsp3) is 0.600. The Labute approximate surface area is 165 Å². The van der Waals surface area contributed by atoms with Crippen LogP contribution in [0.15, 0.2) is 24.3 Å². The van der Waals surface area contributed by atoms with Crippen LogP contribution < -0.4 is 10.6 Å². The molecule has 0 bridgehead atoms. The van der Waals surface area contributed by atoms with E-state index in [1.807, 2.05) is 13.8 Å². The highest BCUT2D eigenvalue weighted by Crippen LogP contribution is 2.42. The Kier molecular flexibility index (Phi) is 5.28. The Hall–Kier alpha value is -1.98. The molecule has 1 amide bonds. The van der Waals surface area contributed by atoms with Crippen molar-refractivity contribution in [2.75, 3.05) is 6.26 Å². The lowest BCUT2D eigenvalue weighted by Gasteiger charge is -2.32. The fourth-order valence-corrected chi connectivity index (χ4v) is 5.40. The van der Waals surface area contributed by atoms with Crippen molar-refractivity contribution >= 4 is 15.7 Å². The third-order valence-electron chi connectivity index (χ3n) is 5.64. The third kappa shape index (κ3) is 4.06. The zero-order chi connectivity index (χ0) is 20.7. The monoisotopic (exact) mass is 407 g/mol. The van der Waals surface area contributed by atoms with Crippen LogP contribution in [-0.2, 0) is 14.6 Å². The van der Waals surface area contributed by atoms with E-state index in [9.17, 15) is 22.9 Å². The lowest BCUT2D eigenvalue weighted by Crippen LogP contribution is -2.57. The van der Waals surface area contributed by atoms with E-state index in [1.165, 1.54) is 12.1 Å². The van der Waals surface area contributed by atoms with E-state index in [0.29, 0.717) is 24.8 Å². The maximum atomic E-state index is 13.4. The molecule has 6 nitrogen and oxygen atoms in total. The van der Waals surface area contributed by atoms with E-state index in [1.54, 1.807) is 12.1 Å². The quantitative estimate of drug-likeness (QED) is 0.753. The Morgan fingerprint density at radius 3 is 2.43 bits per heavy atom. The summed E-state index contributed by atoms with van der Waals surface area (Å²) < 4.78 is 38.4. The van der Waals surface area contributed by atoms with Gasteiger partial charge in [0.1, 0.15) is 11.4 Å². The van der Waals surface area contributed by atoms with E-state index >= 15 is 0 Å². The van der Waals surface area contributed by atoms with Crippen molar-refractivity contribution < 1.29 is 17.6 Å². The first kappa shape index (κ1) is 20.7.